The molecule has 0 nitrogen and oxygen atoms in total. The Morgan fingerprint density at radius 2 is 0.0152 bits per heavy atom. The fourth-order valence-electron chi connectivity index (χ4n) is 0. The minimum atomic E-state index is 0. The maximum Gasteiger partial charge on any atom is 0 e. The van der Waals surface area contributed by atoms with Gasteiger partial charge in [-0.05, 0) is 0 Å². The summed E-state index contributed by atoms with van der Waals surface area (Å²) in [5.41, 5.74) is 0. The quantitative estimate of drug-likeness (QED) is 0.303. The van der Waals surface area contributed by atoms with Crippen LogP contribution in [0, 0.1) is 7.43 Å². The van der Waals surface area contributed by atoms with Gasteiger partial charge in [-0.15, -0.1) is 0 Å². The molecule has 0 atom stereocenters. The first-order valence-corrected chi connectivity index (χ1v) is 0. The molecule has 0 aliphatic rings. The van der Waals surface area contributed by atoms with Crippen LogP contribution in [0.5, 0.6) is 0 Å². The van der Waals surface area contributed by atoms with E-state index in [0.29, 0.717) is 0 Å². The van der Waals surface area contributed by atoms with Gasteiger partial charge in [0.15, 0.2) is 0 Å². The summed E-state index contributed by atoms with van der Waals surface area (Å²) in [5, 5.41) is 0. The van der Waals surface area contributed by atoms with Crippen LogP contribution in [0.3, 0.4) is 0 Å². The van der Waals surface area contributed by atoms with Gasteiger partial charge in [-0.2, -0.15) is 0 Å². The van der Waals surface area contributed by atoms with E-state index in [1.807, 2.05) is 0 Å². The minimum absolute atomic E-state index is 0. The molecule has 0 rings (SSSR count). The first-order valence-electron chi connectivity index (χ1n) is 0. The molecule has 0 aliphatic heterocycles. The van der Waals surface area contributed by atoms with Gasteiger partial charge in [-0.1, -0.05) is 0 Å². The largest absolute Gasteiger partial charge is 0.358 e. The van der Waals surface area contributed by atoms with Gasteiger partial charge in [0.1, 0.15) is 0 Å². The summed E-state index contributed by atoms with van der Waals surface area (Å²) in [7, 11) is 0. The molecule has 401 valence electrons. The molecule has 131 radical (unpaired) electrons. The first-order chi connectivity index (χ1) is 0. The van der Waals surface area contributed by atoms with E-state index in [9.17, 15) is 0 Å². The zero-order valence-corrected chi connectivity index (χ0v) is 448. The summed E-state index contributed by atoms with van der Waals surface area (Å²) in [4.78, 5) is 0. The monoisotopic (exact) mass is 11700 g/mol. The van der Waals surface area contributed by atoms with Gasteiger partial charge in [0, 0.05) is 4280 Å². The first kappa shape index (κ1) is 1000. The molecule has 0 saturated heterocycles. The molecule has 0 heterocycles. The van der Waals surface area contributed by atoms with Crippen molar-refractivity contribution in [2.75, 3.05) is 0 Å². The molecule has 0 N–H and O–H groups in total. The second-order valence-electron chi connectivity index (χ2n) is 0. The maximum atomic E-state index is 0. The van der Waals surface area contributed by atoms with Crippen molar-refractivity contribution in [3.8, 4) is 0 Å². The summed E-state index contributed by atoms with van der Waals surface area (Å²) in [5.74, 6) is 0. The fourth-order valence-corrected chi connectivity index (χ4v) is 0. The van der Waals surface area contributed by atoms with Crippen molar-refractivity contribution in [2.24, 2.45) is 0 Å². The summed E-state index contributed by atoms with van der Waals surface area (Å²) >= 11 is 0. The van der Waals surface area contributed by atoms with Crippen LogP contribution in [0.15, 0.2) is 0 Å². The maximum absolute atomic E-state index is 0. The van der Waals surface area contributed by atoms with E-state index in [1.165, 1.54) is 0 Å². The van der Waals surface area contributed by atoms with Crippen molar-refractivity contribution in [1.82, 2.24) is 0 Å². The van der Waals surface area contributed by atoms with Gasteiger partial charge < -0.3 is 7.43 Å². The Labute approximate surface area is 4120 Å². The van der Waals surface area contributed by atoms with Gasteiger partial charge in [0.2, 0.25) is 0 Å². The van der Waals surface area contributed by atoms with E-state index in [-0.39, 0.29) is 4290 Å². The van der Waals surface area contributed by atoms with Gasteiger partial charge in [-0.25, -0.2) is 0 Å². The zero-order valence-electron chi connectivity index (χ0n) is 76.6. The Hall–Kier alpha value is 145. The molecular formula is CH3Y131-. The predicted molar refractivity (Wildman–Crippen MR) is 6.41 cm³/mol. The second-order valence-corrected chi connectivity index (χ2v) is 0. The van der Waals surface area contributed by atoms with Crippen molar-refractivity contribution in [3.05, 3.63) is 7.43 Å². The normalized spacial score (nSPS) is 0. The van der Waals surface area contributed by atoms with Crippen LogP contribution in [0.2, 0.25) is 0 Å². The van der Waals surface area contributed by atoms with Crippen LogP contribution in [-0.4, -0.2) is 0 Å². The third-order valence-corrected chi connectivity index (χ3v) is 0. The van der Waals surface area contributed by atoms with E-state index in [2.05, 4.69) is 0 Å². The van der Waals surface area contributed by atoms with Crippen molar-refractivity contribution in [1.29, 1.82) is 0 Å². The minimum Gasteiger partial charge on any atom is -0.358 e. The number of hydrogen-bond donors (Lipinski definition) is 0. The van der Waals surface area contributed by atoms with E-state index in [4.69, 9.17) is 0 Å². The standard InChI is InChI=1S/CH3.131Y/h1H3;;;;;;;;;;;;;;;;;;;;;;;;;;;;;;;;;;;;;;;;;;;;;;;;;;;;;;;;;;;;;;;;;;;;;;;;;;;;;;;;;;;;;;;;;;;;;;;;;;;;;;;;;;;;;;;;;;;;;;;;;;;;;;;;;;;/q-1;;;;;;;;;;;;;;;;;;;;;;;;;;;;;;;;;;;;;;;;;;;;;;;;;;;;;;;;;;;;;;;;;;;;;;;;;;;;;;;;;;;;;;;;;;;;;;;;;;;;;;;;;;;;;;;;;;;;;;;;;;;;;;;;;;;. The SMILES string of the molecule is [CH3-].[Y].[Y].[Y].[Y].[Y].[Y].[Y].[Y].[Y].[Y].[Y].[Y].[Y].[Y].[Y].[Y].[Y].[Y].[Y].[Y].[Y].[Y].[Y].[Y].[Y].[Y].[Y].[Y].[Y].[Y].[Y].[Y].[Y].[Y].[Y].[Y].[Y].[Y].[Y].[Y].[Y].[Y].[Y].[Y].[Y].[Y].[Y].[Y].[Y].[Y].[Y].[Y].[Y].[Y].[Y].[Y].[Y].[Y].[Y].[Y].[Y].[Y].[Y].[Y].[Y].[Y].[Y].[Y].[Y].[Y].[Y].[Y].[Y].[Y].[Y].[Y].[Y].[Y].[Y].[Y].[Y].[Y].[Y].[Y].[Y].[Y].[Y].[Y].[Y].[Y].[Y].[Y].[Y].[Y].[Y].[Y].[Y].[Y].[Y].[Y].[Y].[Y].[Y].[Y].[Y].[Y].[Y].[Y].[Y].[Y].[Y].[Y].[Y].[Y].[Y].[Y].[Y].[Y].[Y].[Y].[Y].[Y].[Y].[Y].[Y].[Y].[Y].[Y].[Y].[Y].[Y]. The molecule has 0 aromatic rings. The van der Waals surface area contributed by atoms with Crippen molar-refractivity contribution < 1.29 is 4280 Å². The Morgan fingerprint density at radius 3 is 0.0152 bits per heavy atom. The van der Waals surface area contributed by atoms with E-state index >= 15 is 0 Å². The van der Waals surface area contributed by atoms with Crippen molar-refractivity contribution in [2.45, 2.75) is 0 Å². The molecule has 131 heteroatoms. The Kier molecular flexibility index (Phi) is 7570. The van der Waals surface area contributed by atoms with Crippen molar-refractivity contribution >= 4 is 0 Å². The molecular weight excluding hydrogens is 11700 g/mol. The van der Waals surface area contributed by atoms with Gasteiger partial charge >= 0.3 is 0 Å². The fraction of sp³-hybridized carbons (Fsp3) is 0. The summed E-state index contributed by atoms with van der Waals surface area (Å²) < 4.78 is 0. The molecule has 0 amide bonds. The van der Waals surface area contributed by atoms with E-state index in [1.54, 1.807) is 0 Å². The molecule has 0 bridgehead atoms. The topological polar surface area (TPSA) is 0 Å². The van der Waals surface area contributed by atoms with E-state index < -0.39 is 0 Å². The average molecular weight is 11700 g/mol. The van der Waals surface area contributed by atoms with Crippen LogP contribution in [0.4, 0.5) is 0 Å². The van der Waals surface area contributed by atoms with Crippen LogP contribution in [0.25, 0.3) is 0 Å². The number of hydrogen-bond acceptors (Lipinski definition) is 0. The van der Waals surface area contributed by atoms with Gasteiger partial charge in [0.25, 0.3) is 0 Å². The van der Waals surface area contributed by atoms with Crippen LogP contribution in [-0.2, 0) is 4280 Å². The molecule has 0 aromatic heterocycles. The van der Waals surface area contributed by atoms with Crippen molar-refractivity contribution in [3.63, 3.8) is 0 Å². The zero-order chi connectivity index (χ0) is 0. The number of rotatable bonds is 0. The molecule has 0 saturated carbocycles. The second kappa shape index (κ2) is 994. The molecule has 132 heavy (non-hydrogen) atoms. The molecule has 0 fully saturated rings. The van der Waals surface area contributed by atoms with Gasteiger partial charge in [0.05, 0.1) is 0 Å². The predicted octanol–water partition coefficient (Wildman–Crippen LogP) is 0.123. The molecule has 0 aliphatic carbocycles. The average Bonchev–Trinajstić information content (AvgIpc) is 0. The third-order valence-electron chi connectivity index (χ3n) is 0. The Bertz CT molecular complexity index is 8.48. The third kappa shape index (κ3) is 983. The molecule has 0 unspecified atom stereocenters. The van der Waals surface area contributed by atoms with Gasteiger partial charge in [-0.3, -0.25) is 0 Å². The summed E-state index contributed by atoms with van der Waals surface area (Å²) in [6.07, 6.45) is 0. The van der Waals surface area contributed by atoms with Crippen LogP contribution in [0.1, 0.15) is 0 Å². The Morgan fingerprint density at radius 1 is 0.0152 bits per heavy atom. The Balaban J connectivity index is 0. The van der Waals surface area contributed by atoms with Crippen LogP contribution < -0.4 is 0 Å². The summed E-state index contributed by atoms with van der Waals surface area (Å²) in [6, 6.07) is 0. The van der Waals surface area contributed by atoms with E-state index in [0.717, 1.165) is 0 Å². The van der Waals surface area contributed by atoms with Crippen LogP contribution >= 0.6 is 0 Å². The summed E-state index contributed by atoms with van der Waals surface area (Å²) in [6.45, 7) is 0. The molecule has 0 aromatic carbocycles. The molecule has 0 spiro atoms. The smallest absolute Gasteiger partial charge is 0 e.